The van der Waals surface area contributed by atoms with Gasteiger partial charge in [0.15, 0.2) is 0 Å². The van der Waals surface area contributed by atoms with Gasteiger partial charge < -0.3 is 0 Å². The molecule has 0 N–H and O–H groups in total. The highest BCUT2D eigenvalue weighted by molar-refractivity contribution is 6.13. The molecule has 5 aromatic carbocycles. The average molecular weight is 453 g/mol. The fourth-order valence-electron chi connectivity index (χ4n) is 4.34. The van der Waals surface area contributed by atoms with Crippen molar-refractivity contribution in [3.8, 4) is 11.1 Å². The molecule has 0 saturated heterocycles. The van der Waals surface area contributed by atoms with E-state index in [9.17, 15) is 0 Å². The molecular formula is C33H28N2. The standard InChI is InChI=1S/C33H28N2/c1-25-22-26(2)24-32(23-25)35(31-20-18-28(19-21-31)27-12-6-3-7-13-27)34-33(29-14-8-4-9-15-29)30-16-10-5-11-17-30/h3-24H,1-2H3. The molecule has 2 heteroatoms. The highest BCUT2D eigenvalue weighted by Gasteiger charge is 2.14. The lowest BCUT2D eigenvalue weighted by atomic mass is 10.0. The number of nitrogens with zero attached hydrogens (tertiary/aromatic N) is 2. The Kier molecular flexibility index (Phi) is 6.54. The van der Waals surface area contributed by atoms with Crippen LogP contribution in [0.1, 0.15) is 22.3 Å². The van der Waals surface area contributed by atoms with E-state index in [0.717, 1.165) is 28.2 Å². The second-order valence-corrected chi connectivity index (χ2v) is 8.75. The maximum atomic E-state index is 5.29. The van der Waals surface area contributed by atoms with Crippen LogP contribution < -0.4 is 5.01 Å². The normalized spacial score (nSPS) is 10.6. The Morgan fingerprint density at radius 3 is 1.46 bits per heavy atom. The smallest absolute Gasteiger partial charge is 0.0984 e. The molecule has 0 aliphatic heterocycles. The Morgan fingerprint density at radius 1 is 0.486 bits per heavy atom. The summed E-state index contributed by atoms with van der Waals surface area (Å²) in [5.74, 6) is 0. The third kappa shape index (κ3) is 5.23. The van der Waals surface area contributed by atoms with E-state index in [1.54, 1.807) is 0 Å². The van der Waals surface area contributed by atoms with Crippen LogP contribution in [0.25, 0.3) is 11.1 Å². The maximum absolute atomic E-state index is 5.29. The van der Waals surface area contributed by atoms with E-state index in [-0.39, 0.29) is 0 Å². The van der Waals surface area contributed by atoms with Gasteiger partial charge >= 0.3 is 0 Å². The number of hydrazone groups is 1. The van der Waals surface area contributed by atoms with Gasteiger partial charge in [-0.1, -0.05) is 109 Å². The number of hydrogen-bond donors (Lipinski definition) is 0. The van der Waals surface area contributed by atoms with Gasteiger partial charge in [-0.05, 0) is 60.4 Å². The summed E-state index contributed by atoms with van der Waals surface area (Å²) in [4.78, 5) is 0. The summed E-state index contributed by atoms with van der Waals surface area (Å²) in [7, 11) is 0. The fraction of sp³-hybridized carbons (Fsp3) is 0.0606. The summed E-state index contributed by atoms with van der Waals surface area (Å²) in [6.45, 7) is 4.26. The summed E-state index contributed by atoms with van der Waals surface area (Å²) >= 11 is 0. The molecule has 0 amide bonds. The predicted molar refractivity (Wildman–Crippen MR) is 148 cm³/mol. The van der Waals surface area contributed by atoms with Crippen molar-refractivity contribution >= 4 is 17.1 Å². The number of hydrogen-bond acceptors (Lipinski definition) is 2. The Balaban J connectivity index is 1.67. The van der Waals surface area contributed by atoms with Crippen molar-refractivity contribution in [1.82, 2.24) is 0 Å². The first kappa shape index (κ1) is 22.4. The van der Waals surface area contributed by atoms with Crippen LogP contribution in [0.2, 0.25) is 0 Å². The first-order chi connectivity index (χ1) is 17.2. The van der Waals surface area contributed by atoms with Gasteiger partial charge in [0.2, 0.25) is 0 Å². The van der Waals surface area contributed by atoms with Gasteiger partial charge in [-0.25, -0.2) is 5.01 Å². The zero-order valence-corrected chi connectivity index (χ0v) is 20.1. The van der Waals surface area contributed by atoms with Crippen LogP contribution in [-0.2, 0) is 0 Å². The van der Waals surface area contributed by atoms with Gasteiger partial charge in [0.25, 0.3) is 0 Å². The van der Waals surface area contributed by atoms with Crippen LogP contribution in [-0.4, -0.2) is 5.71 Å². The topological polar surface area (TPSA) is 15.6 Å². The zero-order chi connectivity index (χ0) is 24.0. The molecule has 0 heterocycles. The minimum atomic E-state index is 0.928. The van der Waals surface area contributed by atoms with Crippen molar-refractivity contribution in [1.29, 1.82) is 0 Å². The van der Waals surface area contributed by atoms with Gasteiger partial charge in [0.1, 0.15) is 0 Å². The fourth-order valence-corrected chi connectivity index (χ4v) is 4.34. The van der Waals surface area contributed by atoms with E-state index in [1.165, 1.54) is 22.3 Å². The summed E-state index contributed by atoms with van der Waals surface area (Å²) in [6, 6.07) is 46.4. The molecule has 0 aliphatic rings. The number of aryl methyl sites for hydroxylation is 2. The average Bonchev–Trinajstić information content (AvgIpc) is 2.90. The minimum absolute atomic E-state index is 0.928. The van der Waals surface area contributed by atoms with Crippen molar-refractivity contribution in [3.63, 3.8) is 0 Å². The Labute approximate surface area is 207 Å². The van der Waals surface area contributed by atoms with E-state index in [1.807, 2.05) is 18.2 Å². The van der Waals surface area contributed by atoms with Crippen molar-refractivity contribution in [2.24, 2.45) is 5.10 Å². The van der Waals surface area contributed by atoms with Crippen molar-refractivity contribution in [3.05, 3.63) is 156 Å². The molecular weight excluding hydrogens is 424 g/mol. The number of rotatable bonds is 6. The minimum Gasteiger partial charge on any atom is -0.233 e. The molecule has 0 atom stereocenters. The first-order valence-corrected chi connectivity index (χ1v) is 11.9. The van der Waals surface area contributed by atoms with Crippen molar-refractivity contribution in [2.45, 2.75) is 13.8 Å². The molecule has 0 spiro atoms. The molecule has 35 heavy (non-hydrogen) atoms. The maximum Gasteiger partial charge on any atom is 0.0984 e. The van der Waals surface area contributed by atoms with Gasteiger partial charge in [-0.2, -0.15) is 5.10 Å². The van der Waals surface area contributed by atoms with E-state index in [2.05, 4.69) is 134 Å². The van der Waals surface area contributed by atoms with Gasteiger partial charge in [-0.15, -0.1) is 0 Å². The van der Waals surface area contributed by atoms with Crippen LogP contribution >= 0.6 is 0 Å². The second kappa shape index (κ2) is 10.2. The lowest BCUT2D eigenvalue weighted by Gasteiger charge is -2.23. The van der Waals surface area contributed by atoms with Crippen LogP contribution in [0.4, 0.5) is 11.4 Å². The molecule has 5 aromatic rings. The Bertz CT molecular complexity index is 1360. The zero-order valence-electron chi connectivity index (χ0n) is 20.1. The molecule has 0 radical (unpaired) electrons. The van der Waals surface area contributed by atoms with Crippen molar-refractivity contribution < 1.29 is 0 Å². The summed E-state index contributed by atoms with van der Waals surface area (Å²) in [6.07, 6.45) is 0. The number of benzene rings is 5. The molecule has 0 unspecified atom stereocenters. The quantitative estimate of drug-likeness (QED) is 0.186. The molecule has 0 bridgehead atoms. The largest absolute Gasteiger partial charge is 0.233 e. The van der Waals surface area contributed by atoms with E-state index >= 15 is 0 Å². The summed E-state index contributed by atoms with van der Waals surface area (Å²) in [5, 5.41) is 7.35. The Hall–Kier alpha value is -4.43. The first-order valence-electron chi connectivity index (χ1n) is 11.9. The predicted octanol–water partition coefficient (Wildman–Crippen LogP) is 8.56. The lowest BCUT2D eigenvalue weighted by molar-refractivity contribution is 1.08. The van der Waals surface area contributed by atoms with Crippen molar-refractivity contribution in [2.75, 3.05) is 5.01 Å². The molecule has 0 aliphatic carbocycles. The van der Waals surface area contributed by atoms with Gasteiger partial charge in [0.05, 0.1) is 17.1 Å². The van der Waals surface area contributed by atoms with E-state index in [0.29, 0.717) is 0 Å². The van der Waals surface area contributed by atoms with Crippen LogP contribution in [0.5, 0.6) is 0 Å². The third-order valence-corrected chi connectivity index (χ3v) is 5.96. The highest BCUT2D eigenvalue weighted by Crippen LogP contribution is 2.31. The lowest BCUT2D eigenvalue weighted by Crippen LogP contribution is -2.15. The molecule has 0 aromatic heterocycles. The van der Waals surface area contributed by atoms with E-state index < -0.39 is 0 Å². The second-order valence-electron chi connectivity index (χ2n) is 8.75. The highest BCUT2D eigenvalue weighted by atomic mass is 15.5. The number of anilines is 2. The molecule has 5 rings (SSSR count). The summed E-state index contributed by atoms with van der Waals surface area (Å²) in [5.41, 5.74) is 9.95. The summed E-state index contributed by atoms with van der Waals surface area (Å²) < 4.78 is 0. The third-order valence-electron chi connectivity index (χ3n) is 5.96. The van der Waals surface area contributed by atoms with Gasteiger partial charge in [-0.3, -0.25) is 0 Å². The monoisotopic (exact) mass is 452 g/mol. The van der Waals surface area contributed by atoms with Crippen LogP contribution in [0, 0.1) is 13.8 Å². The van der Waals surface area contributed by atoms with Gasteiger partial charge in [0, 0.05) is 11.1 Å². The SMILES string of the molecule is Cc1cc(C)cc(N(N=C(c2ccccc2)c2ccccc2)c2ccc(-c3ccccc3)cc2)c1. The van der Waals surface area contributed by atoms with E-state index in [4.69, 9.17) is 5.10 Å². The van der Waals surface area contributed by atoms with Crippen LogP contribution in [0.3, 0.4) is 0 Å². The Morgan fingerprint density at radius 2 is 0.943 bits per heavy atom. The van der Waals surface area contributed by atoms with Crippen LogP contribution in [0.15, 0.2) is 139 Å². The molecule has 2 nitrogen and oxygen atoms in total. The molecule has 0 fully saturated rings. The molecule has 0 saturated carbocycles. The molecule has 170 valence electrons.